The van der Waals surface area contributed by atoms with Gasteiger partial charge in [0.15, 0.2) is 11.5 Å². The van der Waals surface area contributed by atoms with Crippen molar-refractivity contribution < 1.29 is 4.42 Å². The van der Waals surface area contributed by atoms with Crippen LogP contribution in [0.4, 0.5) is 5.82 Å². The molecule has 0 radical (unpaired) electrons. The first-order valence-corrected chi connectivity index (χ1v) is 8.36. The van der Waals surface area contributed by atoms with Crippen LogP contribution in [0.25, 0.3) is 34.3 Å². The molecule has 0 amide bonds. The molecule has 0 saturated carbocycles. The van der Waals surface area contributed by atoms with E-state index in [9.17, 15) is 0 Å². The lowest BCUT2D eigenvalue weighted by Crippen LogP contribution is -2.00. The van der Waals surface area contributed by atoms with Gasteiger partial charge in [0.1, 0.15) is 0 Å². The standard InChI is InChI=1S/C20H17N5O/c1-2-13-8-6-7-11-15(13)16-12-22-18(21)17(23-16)20-25-24-19(26-20)14-9-4-3-5-10-14/h3-12H,2H2,1H3,(H2,21,22). The molecule has 0 spiro atoms. The van der Waals surface area contributed by atoms with Crippen LogP contribution >= 0.6 is 0 Å². The summed E-state index contributed by atoms with van der Waals surface area (Å²) >= 11 is 0. The maximum atomic E-state index is 6.02. The molecule has 0 saturated heterocycles. The van der Waals surface area contributed by atoms with Crippen LogP contribution in [-0.2, 0) is 6.42 Å². The molecule has 2 aromatic heterocycles. The van der Waals surface area contributed by atoms with Gasteiger partial charge in [-0.25, -0.2) is 9.97 Å². The Kier molecular flexibility index (Phi) is 4.15. The summed E-state index contributed by atoms with van der Waals surface area (Å²) in [4.78, 5) is 8.92. The van der Waals surface area contributed by atoms with Crippen LogP contribution in [0.2, 0.25) is 0 Å². The van der Waals surface area contributed by atoms with Crippen molar-refractivity contribution in [3.63, 3.8) is 0 Å². The third-order valence-electron chi connectivity index (χ3n) is 4.12. The maximum absolute atomic E-state index is 6.02. The molecule has 0 unspecified atom stereocenters. The third-order valence-corrected chi connectivity index (χ3v) is 4.12. The highest BCUT2D eigenvalue weighted by atomic mass is 16.4. The van der Waals surface area contributed by atoms with Gasteiger partial charge >= 0.3 is 0 Å². The lowest BCUT2D eigenvalue weighted by molar-refractivity contribution is 0.582. The van der Waals surface area contributed by atoms with Crippen LogP contribution in [0.1, 0.15) is 12.5 Å². The van der Waals surface area contributed by atoms with Crippen LogP contribution < -0.4 is 5.73 Å². The van der Waals surface area contributed by atoms with E-state index in [0.29, 0.717) is 11.6 Å². The normalized spacial score (nSPS) is 10.8. The molecular weight excluding hydrogens is 326 g/mol. The first-order valence-electron chi connectivity index (χ1n) is 8.36. The Hall–Kier alpha value is -3.54. The number of hydrogen-bond acceptors (Lipinski definition) is 6. The van der Waals surface area contributed by atoms with Crippen LogP contribution in [0.3, 0.4) is 0 Å². The fraction of sp³-hybridized carbons (Fsp3) is 0.100. The summed E-state index contributed by atoms with van der Waals surface area (Å²) in [5.74, 6) is 0.928. The van der Waals surface area contributed by atoms with Crippen LogP contribution in [0.5, 0.6) is 0 Å². The largest absolute Gasteiger partial charge is 0.414 e. The molecule has 0 atom stereocenters. The summed E-state index contributed by atoms with van der Waals surface area (Å²) in [5, 5.41) is 8.20. The van der Waals surface area contributed by atoms with E-state index in [1.807, 2.05) is 48.5 Å². The molecule has 6 heteroatoms. The van der Waals surface area contributed by atoms with E-state index in [0.717, 1.165) is 23.2 Å². The number of aryl methyl sites for hydroxylation is 1. The first kappa shape index (κ1) is 16.0. The van der Waals surface area contributed by atoms with E-state index in [4.69, 9.17) is 10.2 Å². The van der Waals surface area contributed by atoms with Crippen LogP contribution in [0.15, 0.2) is 65.2 Å². The molecule has 4 rings (SSSR count). The van der Waals surface area contributed by atoms with Gasteiger partial charge in [-0.15, -0.1) is 10.2 Å². The zero-order chi connectivity index (χ0) is 17.9. The van der Waals surface area contributed by atoms with Gasteiger partial charge in [0.2, 0.25) is 5.89 Å². The molecule has 26 heavy (non-hydrogen) atoms. The van der Waals surface area contributed by atoms with Gasteiger partial charge in [0.25, 0.3) is 5.89 Å². The van der Waals surface area contributed by atoms with Gasteiger partial charge in [0.05, 0.1) is 11.9 Å². The van der Waals surface area contributed by atoms with E-state index >= 15 is 0 Å². The molecule has 0 fully saturated rings. The second-order valence-corrected chi connectivity index (χ2v) is 5.78. The Morgan fingerprint density at radius 3 is 2.46 bits per heavy atom. The number of nitrogens with zero attached hydrogens (tertiary/aromatic N) is 4. The van der Waals surface area contributed by atoms with E-state index in [-0.39, 0.29) is 11.7 Å². The molecule has 6 nitrogen and oxygen atoms in total. The zero-order valence-corrected chi connectivity index (χ0v) is 14.3. The average Bonchev–Trinajstić information content (AvgIpc) is 3.19. The minimum atomic E-state index is 0.254. The van der Waals surface area contributed by atoms with Crippen molar-refractivity contribution in [3.8, 4) is 34.3 Å². The molecule has 2 heterocycles. The van der Waals surface area contributed by atoms with Crippen molar-refractivity contribution in [2.75, 3.05) is 5.73 Å². The summed E-state index contributed by atoms with van der Waals surface area (Å²) in [6, 6.07) is 17.6. The number of nitrogens with two attached hydrogens (primary N) is 1. The van der Waals surface area contributed by atoms with Gasteiger partial charge in [0, 0.05) is 11.1 Å². The number of aromatic nitrogens is 4. The highest BCUT2D eigenvalue weighted by Crippen LogP contribution is 2.29. The number of anilines is 1. The second-order valence-electron chi connectivity index (χ2n) is 5.78. The predicted octanol–water partition coefficient (Wildman–Crippen LogP) is 4.01. The summed E-state index contributed by atoms with van der Waals surface area (Å²) < 4.78 is 5.78. The van der Waals surface area contributed by atoms with Crippen molar-refractivity contribution in [1.29, 1.82) is 0 Å². The predicted molar refractivity (Wildman–Crippen MR) is 100.0 cm³/mol. The molecule has 0 bridgehead atoms. The Morgan fingerprint density at radius 2 is 1.65 bits per heavy atom. The maximum Gasteiger partial charge on any atom is 0.270 e. The summed E-state index contributed by atoms with van der Waals surface area (Å²) in [5.41, 5.74) is 10.2. The topological polar surface area (TPSA) is 90.7 Å². The van der Waals surface area contributed by atoms with Crippen molar-refractivity contribution in [2.24, 2.45) is 0 Å². The smallest absolute Gasteiger partial charge is 0.270 e. The summed E-state index contributed by atoms with van der Waals surface area (Å²) in [6.45, 7) is 2.11. The molecule has 2 N–H and O–H groups in total. The van der Waals surface area contributed by atoms with Gasteiger partial charge in [-0.05, 0) is 24.1 Å². The molecule has 0 aliphatic heterocycles. The first-order chi connectivity index (χ1) is 12.8. The van der Waals surface area contributed by atoms with Crippen LogP contribution in [0, 0.1) is 0 Å². The molecule has 0 aliphatic rings. The van der Waals surface area contributed by atoms with Gasteiger partial charge in [-0.3, -0.25) is 0 Å². The second kappa shape index (κ2) is 6.76. The minimum Gasteiger partial charge on any atom is -0.414 e. The summed E-state index contributed by atoms with van der Waals surface area (Å²) in [6.07, 6.45) is 2.57. The fourth-order valence-corrected chi connectivity index (χ4v) is 2.78. The zero-order valence-electron chi connectivity index (χ0n) is 14.3. The van der Waals surface area contributed by atoms with Crippen molar-refractivity contribution >= 4 is 5.82 Å². The lowest BCUT2D eigenvalue weighted by atomic mass is 10.0. The Bertz CT molecular complexity index is 1040. The number of hydrogen-bond donors (Lipinski definition) is 1. The van der Waals surface area contributed by atoms with Crippen LogP contribution in [-0.4, -0.2) is 20.2 Å². The number of rotatable bonds is 4. The van der Waals surface area contributed by atoms with Gasteiger partial charge in [-0.2, -0.15) is 0 Å². The lowest BCUT2D eigenvalue weighted by Gasteiger charge is -2.08. The average molecular weight is 343 g/mol. The van der Waals surface area contributed by atoms with Gasteiger partial charge in [-0.1, -0.05) is 49.4 Å². The van der Waals surface area contributed by atoms with Crippen molar-refractivity contribution in [3.05, 3.63) is 66.4 Å². The molecule has 0 aliphatic carbocycles. The van der Waals surface area contributed by atoms with E-state index in [2.05, 4.69) is 33.2 Å². The quantitative estimate of drug-likeness (QED) is 0.602. The Balaban J connectivity index is 1.77. The highest BCUT2D eigenvalue weighted by Gasteiger charge is 2.17. The minimum absolute atomic E-state index is 0.254. The number of nitrogen functional groups attached to an aromatic ring is 1. The Morgan fingerprint density at radius 1 is 0.923 bits per heavy atom. The van der Waals surface area contributed by atoms with E-state index in [1.54, 1.807) is 6.20 Å². The molecule has 128 valence electrons. The SMILES string of the molecule is CCc1ccccc1-c1cnc(N)c(-c2nnc(-c3ccccc3)o2)n1. The number of benzene rings is 2. The Labute approximate surface area is 150 Å². The molecular formula is C20H17N5O. The van der Waals surface area contributed by atoms with Gasteiger partial charge < -0.3 is 10.2 Å². The van der Waals surface area contributed by atoms with Crippen molar-refractivity contribution in [2.45, 2.75) is 13.3 Å². The molecule has 4 aromatic rings. The van der Waals surface area contributed by atoms with E-state index in [1.165, 1.54) is 5.56 Å². The highest BCUT2D eigenvalue weighted by molar-refractivity contribution is 5.70. The van der Waals surface area contributed by atoms with Crippen molar-refractivity contribution in [1.82, 2.24) is 20.2 Å². The molecule has 2 aromatic carbocycles. The van der Waals surface area contributed by atoms with E-state index < -0.39 is 0 Å². The monoisotopic (exact) mass is 343 g/mol. The third kappa shape index (κ3) is 2.93. The summed E-state index contributed by atoms with van der Waals surface area (Å²) in [7, 11) is 0. The fourth-order valence-electron chi connectivity index (χ4n) is 2.78.